The van der Waals surface area contributed by atoms with Crippen molar-refractivity contribution in [2.75, 3.05) is 17.2 Å². The Bertz CT molecular complexity index is 962. The van der Waals surface area contributed by atoms with Gasteiger partial charge in [-0.3, -0.25) is 4.98 Å². The highest BCUT2D eigenvalue weighted by Gasteiger charge is 2.31. The molecule has 0 spiro atoms. The van der Waals surface area contributed by atoms with Crippen molar-refractivity contribution >= 4 is 37.7 Å². The van der Waals surface area contributed by atoms with E-state index in [0.29, 0.717) is 17.9 Å². The average molecular weight is 302 g/mol. The molecule has 4 rings (SSSR count). The van der Waals surface area contributed by atoms with Crippen LogP contribution in [0.1, 0.15) is 12.5 Å². The number of nitrogens with zero attached hydrogens (tertiary/aromatic N) is 3. The second-order valence-corrected chi connectivity index (χ2v) is 7.63. The molecule has 1 saturated heterocycles. The van der Waals surface area contributed by atoms with Crippen LogP contribution in [-0.2, 0) is 9.84 Å². The highest BCUT2D eigenvalue weighted by molar-refractivity contribution is 7.91. The summed E-state index contributed by atoms with van der Waals surface area (Å²) in [5.74, 6) is 0.685. The summed E-state index contributed by atoms with van der Waals surface area (Å²) >= 11 is 0. The Labute approximate surface area is 121 Å². The van der Waals surface area contributed by atoms with Crippen molar-refractivity contribution in [3.63, 3.8) is 0 Å². The molecule has 1 atom stereocenters. The molecule has 0 amide bonds. The minimum Gasteiger partial charge on any atom is -0.369 e. The number of hydrogen-bond acceptors (Lipinski definition) is 5. The molecule has 0 saturated carbocycles. The fourth-order valence-corrected chi connectivity index (χ4v) is 4.79. The summed E-state index contributed by atoms with van der Waals surface area (Å²) in [4.78, 5) is 8.71. The van der Waals surface area contributed by atoms with Gasteiger partial charge in [0.25, 0.3) is 0 Å². The number of nitrogen functional groups attached to an aromatic ring is 1. The highest BCUT2D eigenvalue weighted by atomic mass is 32.2. The molecular formula is C14H14N4O2S. The third kappa shape index (κ3) is 1.88. The Hall–Kier alpha value is -2.15. The van der Waals surface area contributed by atoms with Crippen molar-refractivity contribution in [1.82, 2.24) is 14.5 Å². The lowest BCUT2D eigenvalue weighted by Crippen LogP contribution is -2.13. The quantitative estimate of drug-likeness (QED) is 0.736. The number of pyridine rings is 1. The van der Waals surface area contributed by atoms with Crippen LogP contribution < -0.4 is 5.73 Å². The molecule has 1 aliphatic heterocycles. The summed E-state index contributed by atoms with van der Waals surface area (Å²) in [6, 6.07) is 7.60. The van der Waals surface area contributed by atoms with Crippen LogP contribution in [0.2, 0.25) is 0 Å². The first kappa shape index (κ1) is 12.6. The van der Waals surface area contributed by atoms with Crippen LogP contribution >= 0.6 is 0 Å². The van der Waals surface area contributed by atoms with Gasteiger partial charge in [-0.25, -0.2) is 13.4 Å². The van der Waals surface area contributed by atoms with E-state index in [9.17, 15) is 8.42 Å². The molecule has 1 unspecified atom stereocenters. The van der Waals surface area contributed by atoms with Gasteiger partial charge in [-0.05, 0) is 12.5 Å². The van der Waals surface area contributed by atoms with Crippen LogP contribution in [-0.4, -0.2) is 34.5 Å². The van der Waals surface area contributed by atoms with Crippen molar-refractivity contribution in [2.24, 2.45) is 0 Å². The van der Waals surface area contributed by atoms with E-state index in [1.165, 1.54) is 0 Å². The smallest absolute Gasteiger partial charge is 0.201 e. The average Bonchev–Trinajstić information content (AvgIpc) is 2.97. The van der Waals surface area contributed by atoms with Gasteiger partial charge in [-0.15, -0.1) is 0 Å². The standard InChI is InChI=1S/C14H14N4O2S/c15-14-17-12-7-16-11-4-2-1-3-10(11)13(12)18(14)9-5-6-21(19,20)8-9/h1-4,7,9H,5-6,8H2,(H2,15,17). The lowest BCUT2D eigenvalue weighted by molar-refractivity contribution is 0.576. The zero-order valence-electron chi connectivity index (χ0n) is 11.2. The van der Waals surface area contributed by atoms with Crippen LogP contribution in [0.4, 0.5) is 5.95 Å². The molecule has 1 aliphatic rings. The predicted octanol–water partition coefficient (Wildman–Crippen LogP) is 1.53. The molecule has 0 radical (unpaired) electrons. The van der Waals surface area contributed by atoms with E-state index in [1.807, 2.05) is 28.8 Å². The fraction of sp³-hybridized carbons (Fsp3) is 0.286. The summed E-state index contributed by atoms with van der Waals surface area (Å²) in [6.45, 7) is 0. The maximum Gasteiger partial charge on any atom is 0.201 e. The van der Waals surface area contributed by atoms with Crippen LogP contribution in [0.25, 0.3) is 21.9 Å². The van der Waals surface area contributed by atoms with Crippen LogP contribution in [0.5, 0.6) is 0 Å². The van der Waals surface area contributed by atoms with Gasteiger partial charge in [0.05, 0.1) is 34.8 Å². The highest BCUT2D eigenvalue weighted by Crippen LogP contribution is 2.33. The summed E-state index contributed by atoms with van der Waals surface area (Å²) in [5.41, 5.74) is 8.48. The Morgan fingerprint density at radius 2 is 2.05 bits per heavy atom. The third-order valence-corrected chi connectivity index (χ3v) is 5.77. The first-order chi connectivity index (χ1) is 10.1. The van der Waals surface area contributed by atoms with Crippen molar-refractivity contribution in [2.45, 2.75) is 12.5 Å². The molecule has 0 bridgehead atoms. The molecule has 6 nitrogen and oxygen atoms in total. The zero-order valence-corrected chi connectivity index (χ0v) is 12.0. The van der Waals surface area contributed by atoms with Gasteiger partial charge in [-0.1, -0.05) is 18.2 Å². The number of aromatic nitrogens is 3. The maximum absolute atomic E-state index is 11.8. The van der Waals surface area contributed by atoms with Crippen molar-refractivity contribution < 1.29 is 8.42 Å². The number of fused-ring (bicyclic) bond motifs is 3. The van der Waals surface area contributed by atoms with Gasteiger partial charge in [0.15, 0.2) is 9.84 Å². The number of para-hydroxylation sites is 1. The monoisotopic (exact) mass is 302 g/mol. The fourth-order valence-electron chi connectivity index (χ4n) is 3.09. The van der Waals surface area contributed by atoms with E-state index >= 15 is 0 Å². The van der Waals surface area contributed by atoms with Crippen molar-refractivity contribution in [3.05, 3.63) is 30.5 Å². The first-order valence-electron chi connectivity index (χ1n) is 6.77. The van der Waals surface area contributed by atoms with E-state index in [0.717, 1.165) is 16.4 Å². The second-order valence-electron chi connectivity index (χ2n) is 5.41. The number of imidazole rings is 1. The predicted molar refractivity (Wildman–Crippen MR) is 81.8 cm³/mol. The normalized spacial score (nSPS) is 21.2. The Balaban J connectivity index is 2.04. The van der Waals surface area contributed by atoms with E-state index in [1.54, 1.807) is 6.20 Å². The summed E-state index contributed by atoms with van der Waals surface area (Å²) in [6.07, 6.45) is 2.27. The van der Waals surface area contributed by atoms with E-state index in [2.05, 4.69) is 9.97 Å². The van der Waals surface area contributed by atoms with Crippen LogP contribution in [0.3, 0.4) is 0 Å². The minimum atomic E-state index is -2.98. The van der Waals surface area contributed by atoms with E-state index < -0.39 is 9.84 Å². The Kier molecular flexibility index (Phi) is 2.50. The number of sulfone groups is 1. The van der Waals surface area contributed by atoms with Crippen molar-refractivity contribution in [3.8, 4) is 0 Å². The van der Waals surface area contributed by atoms with Gasteiger partial charge in [-0.2, -0.15) is 0 Å². The largest absolute Gasteiger partial charge is 0.369 e. The number of anilines is 1. The van der Waals surface area contributed by atoms with E-state index in [-0.39, 0.29) is 17.5 Å². The van der Waals surface area contributed by atoms with Gasteiger partial charge in [0.2, 0.25) is 5.95 Å². The molecule has 21 heavy (non-hydrogen) atoms. The number of hydrogen-bond donors (Lipinski definition) is 1. The zero-order chi connectivity index (χ0) is 14.6. The number of nitrogens with two attached hydrogens (primary N) is 1. The molecule has 108 valence electrons. The van der Waals surface area contributed by atoms with Gasteiger partial charge in [0.1, 0.15) is 5.52 Å². The topological polar surface area (TPSA) is 90.9 Å². The van der Waals surface area contributed by atoms with Crippen molar-refractivity contribution in [1.29, 1.82) is 0 Å². The van der Waals surface area contributed by atoms with E-state index in [4.69, 9.17) is 5.73 Å². The summed E-state index contributed by atoms with van der Waals surface area (Å²) in [5, 5.41) is 0.948. The Morgan fingerprint density at radius 1 is 1.24 bits per heavy atom. The number of benzene rings is 1. The molecule has 1 fully saturated rings. The summed E-state index contributed by atoms with van der Waals surface area (Å²) in [7, 11) is -2.98. The van der Waals surface area contributed by atoms with Gasteiger partial charge >= 0.3 is 0 Å². The molecule has 3 aromatic rings. The summed E-state index contributed by atoms with van der Waals surface area (Å²) < 4.78 is 25.4. The maximum atomic E-state index is 11.8. The third-order valence-electron chi connectivity index (χ3n) is 4.02. The Morgan fingerprint density at radius 3 is 2.81 bits per heavy atom. The molecule has 0 aliphatic carbocycles. The molecule has 2 aromatic heterocycles. The van der Waals surface area contributed by atoms with Gasteiger partial charge < -0.3 is 10.3 Å². The molecule has 3 heterocycles. The lowest BCUT2D eigenvalue weighted by atomic mass is 10.1. The van der Waals surface area contributed by atoms with Gasteiger partial charge in [0, 0.05) is 5.39 Å². The molecule has 7 heteroatoms. The molecule has 2 N–H and O–H groups in total. The minimum absolute atomic E-state index is 0.124. The first-order valence-corrected chi connectivity index (χ1v) is 8.59. The van der Waals surface area contributed by atoms with Crippen LogP contribution in [0, 0.1) is 0 Å². The van der Waals surface area contributed by atoms with Crippen LogP contribution in [0.15, 0.2) is 30.5 Å². The lowest BCUT2D eigenvalue weighted by Gasteiger charge is -2.14. The molecular weight excluding hydrogens is 288 g/mol. The molecule has 1 aromatic carbocycles. The number of rotatable bonds is 1. The SMILES string of the molecule is Nc1nc2cnc3ccccc3c2n1C1CCS(=O)(=O)C1. The second kappa shape index (κ2) is 4.17.